The van der Waals surface area contributed by atoms with E-state index in [1.165, 1.54) is 6.07 Å². The summed E-state index contributed by atoms with van der Waals surface area (Å²) in [5.41, 5.74) is -1.70. The molecule has 2 N–H and O–H groups in total. The van der Waals surface area contributed by atoms with Crippen molar-refractivity contribution in [3.05, 3.63) is 55.9 Å². The number of H-pyrrole nitrogens is 1. The number of aromatic amines is 1. The van der Waals surface area contributed by atoms with Gasteiger partial charge in [-0.2, -0.15) is 0 Å². The third-order valence-electron chi connectivity index (χ3n) is 2.07. The SMILES string of the molecule is O=c1cc(O)n(-c2cc(F)ccc2Cl)c(=O)[nH]1. The number of nitrogens with one attached hydrogen (secondary N) is 1. The minimum atomic E-state index is -0.900. The van der Waals surface area contributed by atoms with Gasteiger partial charge in [0.15, 0.2) is 0 Å². The summed E-state index contributed by atoms with van der Waals surface area (Å²) in [6.07, 6.45) is 0. The average Bonchev–Trinajstić information content (AvgIpc) is 2.21. The van der Waals surface area contributed by atoms with Gasteiger partial charge in [-0.25, -0.2) is 13.8 Å². The quantitative estimate of drug-likeness (QED) is 0.800. The Hall–Kier alpha value is -2.08. The molecule has 0 spiro atoms. The molecule has 0 aliphatic carbocycles. The van der Waals surface area contributed by atoms with E-state index in [-0.39, 0.29) is 10.7 Å². The van der Waals surface area contributed by atoms with Crippen LogP contribution in [0.3, 0.4) is 0 Å². The van der Waals surface area contributed by atoms with Crippen LogP contribution in [0.1, 0.15) is 0 Å². The molecule has 5 nitrogen and oxygen atoms in total. The second kappa shape index (κ2) is 4.06. The molecule has 0 fully saturated rings. The largest absolute Gasteiger partial charge is 0.494 e. The van der Waals surface area contributed by atoms with Gasteiger partial charge in [0.05, 0.1) is 16.8 Å². The molecule has 88 valence electrons. The second-order valence-corrected chi connectivity index (χ2v) is 3.64. The molecule has 2 aromatic rings. The van der Waals surface area contributed by atoms with E-state index in [1.807, 2.05) is 4.98 Å². The van der Waals surface area contributed by atoms with Crippen molar-refractivity contribution in [3.63, 3.8) is 0 Å². The molecule has 1 aromatic heterocycles. The lowest BCUT2D eigenvalue weighted by Crippen LogP contribution is -2.28. The zero-order valence-corrected chi connectivity index (χ0v) is 9.03. The third kappa shape index (κ3) is 2.07. The van der Waals surface area contributed by atoms with Gasteiger partial charge >= 0.3 is 5.69 Å². The van der Waals surface area contributed by atoms with Crippen LogP contribution in [0.5, 0.6) is 5.88 Å². The highest BCUT2D eigenvalue weighted by atomic mass is 35.5. The number of aromatic nitrogens is 2. The van der Waals surface area contributed by atoms with E-state index in [1.54, 1.807) is 0 Å². The lowest BCUT2D eigenvalue weighted by Gasteiger charge is -2.08. The summed E-state index contributed by atoms with van der Waals surface area (Å²) in [6.45, 7) is 0. The van der Waals surface area contributed by atoms with E-state index in [9.17, 15) is 19.1 Å². The molecule has 0 bridgehead atoms. The van der Waals surface area contributed by atoms with Gasteiger partial charge in [0.1, 0.15) is 5.82 Å². The summed E-state index contributed by atoms with van der Waals surface area (Å²) in [4.78, 5) is 24.3. The Balaban J connectivity index is 2.81. The number of nitrogens with zero attached hydrogens (tertiary/aromatic N) is 1. The average molecular weight is 257 g/mol. The molecule has 0 aliphatic heterocycles. The van der Waals surface area contributed by atoms with Crippen LogP contribution >= 0.6 is 11.6 Å². The molecular weight excluding hydrogens is 251 g/mol. The predicted molar refractivity (Wildman–Crippen MR) is 59.3 cm³/mol. The van der Waals surface area contributed by atoms with E-state index < -0.39 is 22.9 Å². The molecule has 0 unspecified atom stereocenters. The van der Waals surface area contributed by atoms with Crippen molar-refractivity contribution in [2.75, 3.05) is 0 Å². The highest BCUT2D eigenvalue weighted by Crippen LogP contribution is 2.22. The van der Waals surface area contributed by atoms with Crippen molar-refractivity contribution < 1.29 is 9.50 Å². The fraction of sp³-hybridized carbons (Fsp3) is 0. The Morgan fingerprint density at radius 3 is 2.65 bits per heavy atom. The number of aromatic hydroxyl groups is 1. The molecule has 0 atom stereocenters. The first-order chi connectivity index (χ1) is 7.99. The minimum absolute atomic E-state index is 0.0505. The summed E-state index contributed by atoms with van der Waals surface area (Å²) in [5, 5.41) is 9.57. The number of rotatable bonds is 1. The maximum absolute atomic E-state index is 13.0. The summed E-state index contributed by atoms with van der Waals surface area (Å²) in [5.74, 6) is -1.24. The van der Waals surface area contributed by atoms with Crippen LogP contribution in [0.2, 0.25) is 5.02 Å². The predicted octanol–water partition coefficient (Wildman–Crippen LogP) is 1.02. The smallest absolute Gasteiger partial charge is 0.335 e. The highest BCUT2D eigenvalue weighted by molar-refractivity contribution is 6.32. The van der Waals surface area contributed by atoms with E-state index in [0.29, 0.717) is 4.57 Å². The van der Waals surface area contributed by atoms with Crippen LogP contribution in [0, 0.1) is 5.82 Å². The standard InChI is InChI=1S/C10H6ClFN2O3/c11-6-2-1-5(12)3-7(6)14-9(16)4-8(15)13-10(14)17/h1-4,16H,(H,13,15,17). The maximum Gasteiger partial charge on any atom is 0.335 e. The Labute approximate surface area is 98.7 Å². The summed E-state index contributed by atoms with van der Waals surface area (Å²) >= 11 is 5.78. The van der Waals surface area contributed by atoms with Crippen molar-refractivity contribution in [2.24, 2.45) is 0 Å². The molecule has 0 amide bonds. The zero-order chi connectivity index (χ0) is 12.6. The summed E-state index contributed by atoms with van der Waals surface area (Å²) in [6, 6.07) is 4.12. The van der Waals surface area contributed by atoms with E-state index in [4.69, 9.17) is 11.6 Å². The van der Waals surface area contributed by atoms with Gasteiger partial charge in [-0.05, 0) is 18.2 Å². The number of hydrogen-bond donors (Lipinski definition) is 2. The van der Waals surface area contributed by atoms with Gasteiger partial charge < -0.3 is 5.11 Å². The first-order valence-electron chi connectivity index (χ1n) is 4.50. The first-order valence-corrected chi connectivity index (χ1v) is 4.87. The fourth-order valence-corrected chi connectivity index (χ4v) is 1.58. The molecule has 7 heteroatoms. The lowest BCUT2D eigenvalue weighted by atomic mass is 10.3. The van der Waals surface area contributed by atoms with Crippen LogP contribution in [0.15, 0.2) is 33.9 Å². The maximum atomic E-state index is 13.0. The van der Waals surface area contributed by atoms with E-state index >= 15 is 0 Å². The van der Waals surface area contributed by atoms with E-state index in [0.717, 1.165) is 18.2 Å². The third-order valence-corrected chi connectivity index (χ3v) is 2.39. The van der Waals surface area contributed by atoms with Crippen molar-refractivity contribution >= 4 is 11.6 Å². The summed E-state index contributed by atoms with van der Waals surface area (Å²) in [7, 11) is 0. The molecule has 0 aliphatic rings. The van der Waals surface area contributed by atoms with Crippen LogP contribution in [-0.4, -0.2) is 14.7 Å². The molecule has 2 rings (SSSR count). The Morgan fingerprint density at radius 1 is 1.29 bits per heavy atom. The first kappa shape index (κ1) is 11.4. The van der Waals surface area contributed by atoms with Crippen molar-refractivity contribution in [2.45, 2.75) is 0 Å². The molecular formula is C10H6ClFN2O3. The van der Waals surface area contributed by atoms with Crippen molar-refractivity contribution in [1.29, 1.82) is 0 Å². The number of hydrogen-bond acceptors (Lipinski definition) is 3. The van der Waals surface area contributed by atoms with E-state index in [2.05, 4.69) is 0 Å². The molecule has 0 saturated carbocycles. The Kier molecular flexibility index (Phi) is 2.72. The summed E-state index contributed by atoms with van der Waals surface area (Å²) < 4.78 is 13.7. The van der Waals surface area contributed by atoms with Gasteiger partial charge in [-0.15, -0.1) is 0 Å². The van der Waals surface area contributed by atoms with Crippen molar-refractivity contribution in [1.82, 2.24) is 9.55 Å². The minimum Gasteiger partial charge on any atom is -0.494 e. The molecule has 0 saturated heterocycles. The van der Waals surface area contributed by atoms with Gasteiger partial charge in [0.2, 0.25) is 5.88 Å². The number of halogens is 2. The normalized spacial score (nSPS) is 10.5. The second-order valence-electron chi connectivity index (χ2n) is 3.23. The number of benzene rings is 1. The fourth-order valence-electron chi connectivity index (χ4n) is 1.37. The van der Waals surface area contributed by atoms with Gasteiger partial charge in [-0.3, -0.25) is 9.78 Å². The highest BCUT2D eigenvalue weighted by Gasteiger charge is 2.11. The van der Waals surface area contributed by atoms with Gasteiger partial charge in [-0.1, -0.05) is 11.6 Å². The zero-order valence-electron chi connectivity index (χ0n) is 8.28. The lowest BCUT2D eigenvalue weighted by molar-refractivity contribution is 0.431. The van der Waals surface area contributed by atoms with Crippen molar-refractivity contribution in [3.8, 4) is 11.6 Å². The molecule has 1 aromatic carbocycles. The van der Waals surface area contributed by atoms with Gasteiger partial charge in [0.25, 0.3) is 5.56 Å². The van der Waals surface area contributed by atoms with Crippen LogP contribution in [0.25, 0.3) is 5.69 Å². The van der Waals surface area contributed by atoms with Crippen LogP contribution in [-0.2, 0) is 0 Å². The Morgan fingerprint density at radius 2 is 2.00 bits per heavy atom. The van der Waals surface area contributed by atoms with Crippen LogP contribution in [0.4, 0.5) is 4.39 Å². The molecule has 0 radical (unpaired) electrons. The topological polar surface area (TPSA) is 75.1 Å². The van der Waals surface area contributed by atoms with Gasteiger partial charge in [0, 0.05) is 0 Å². The van der Waals surface area contributed by atoms with Crippen LogP contribution < -0.4 is 11.2 Å². The Bertz CT molecular complexity index is 693. The monoisotopic (exact) mass is 256 g/mol. The molecule has 17 heavy (non-hydrogen) atoms. The molecule has 1 heterocycles.